The molecule has 0 bridgehead atoms. The van der Waals surface area contributed by atoms with Gasteiger partial charge in [0.1, 0.15) is 0 Å². The normalized spacial score (nSPS) is 10.3. The Hall–Kier alpha value is -1.16. The Labute approximate surface area is 113 Å². The van der Waals surface area contributed by atoms with Gasteiger partial charge in [-0.1, -0.05) is 19.8 Å². The quantitative estimate of drug-likeness (QED) is 0.354. The summed E-state index contributed by atoms with van der Waals surface area (Å²) in [5.74, 6) is 0.748. The van der Waals surface area contributed by atoms with Gasteiger partial charge in [0.2, 0.25) is 0 Å². The second-order valence-electron chi connectivity index (χ2n) is 4.03. The molecule has 0 spiro atoms. The molecule has 0 saturated carbocycles. The number of thioether (sulfide) groups is 1. The van der Waals surface area contributed by atoms with Gasteiger partial charge in [-0.05, 0) is 37.3 Å². The maximum absolute atomic E-state index is 11.6. The van der Waals surface area contributed by atoms with Crippen LogP contribution in [-0.4, -0.2) is 18.3 Å². The summed E-state index contributed by atoms with van der Waals surface area (Å²) in [5, 5.41) is 0. The molecule has 18 heavy (non-hydrogen) atoms. The van der Waals surface area contributed by atoms with E-state index in [9.17, 15) is 4.79 Å². The molecule has 0 aliphatic rings. The van der Waals surface area contributed by atoms with Crippen LogP contribution in [0, 0.1) is 0 Å². The van der Waals surface area contributed by atoms with Gasteiger partial charge >= 0.3 is 5.97 Å². The minimum atomic E-state index is -0.284. The van der Waals surface area contributed by atoms with Crippen LogP contribution < -0.4 is 5.73 Å². The smallest absolute Gasteiger partial charge is 0.338 e. The number of unbranched alkanes of at least 4 members (excludes halogenated alkanes) is 2. The lowest BCUT2D eigenvalue weighted by Crippen LogP contribution is -2.05. The zero-order valence-electron chi connectivity index (χ0n) is 11.1. The number of anilines is 1. The number of nitrogen functional groups attached to an aromatic ring is 1. The predicted octanol–water partition coefficient (Wildman–Crippen LogP) is 3.73. The summed E-state index contributed by atoms with van der Waals surface area (Å²) in [6, 6.07) is 5.31. The van der Waals surface area contributed by atoms with Gasteiger partial charge in [-0.15, -0.1) is 11.8 Å². The van der Waals surface area contributed by atoms with E-state index in [2.05, 4.69) is 6.92 Å². The van der Waals surface area contributed by atoms with Crippen LogP contribution in [0.25, 0.3) is 0 Å². The molecule has 4 heteroatoms. The van der Waals surface area contributed by atoms with Gasteiger partial charge in [0.25, 0.3) is 0 Å². The van der Waals surface area contributed by atoms with Crippen LogP contribution in [0.2, 0.25) is 0 Å². The summed E-state index contributed by atoms with van der Waals surface area (Å²) < 4.78 is 4.98. The maximum Gasteiger partial charge on any atom is 0.338 e. The molecule has 0 amide bonds. The average Bonchev–Trinajstić information content (AvgIpc) is 2.37. The van der Waals surface area contributed by atoms with Crippen molar-refractivity contribution in [3.63, 3.8) is 0 Å². The summed E-state index contributed by atoms with van der Waals surface area (Å²) in [6.07, 6.45) is 3.60. The first kappa shape index (κ1) is 14.9. The molecule has 1 aromatic carbocycles. The van der Waals surface area contributed by atoms with E-state index in [0.29, 0.717) is 12.2 Å². The molecule has 0 saturated heterocycles. The van der Waals surface area contributed by atoms with Crippen molar-refractivity contribution in [3.8, 4) is 0 Å². The van der Waals surface area contributed by atoms with Crippen LogP contribution >= 0.6 is 11.8 Å². The zero-order valence-corrected chi connectivity index (χ0v) is 11.9. The van der Waals surface area contributed by atoms with E-state index < -0.39 is 0 Å². The molecule has 0 aliphatic carbocycles. The number of esters is 1. The van der Waals surface area contributed by atoms with Crippen molar-refractivity contribution < 1.29 is 9.53 Å². The average molecular weight is 267 g/mol. The van der Waals surface area contributed by atoms with E-state index in [1.807, 2.05) is 6.07 Å². The second-order valence-corrected chi connectivity index (χ2v) is 5.17. The molecule has 0 fully saturated rings. The van der Waals surface area contributed by atoms with E-state index in [-0.39, 0.29) is 5.97 Å². The van der Waals surface area contributed by atoms with Gasteiger partial charge in [0.05, 0.1) is 12.2 Å². The molecule has 0 aliphatic heterocycles. The molecule has 1 rings (SSSR count). The van der Waals surface area contributed by atoms with E-state index in [0.717, 1.165) is 16.3 Å². The lowest BCUT2D eigenvalue weighted by atomic mass is 10.2. The van der Waals surface area contributed by atoms with Crippen molar-refractivity contribution in [1.29, 1.82) is 0 Å². The summed E-state index contributed by atoms with van der Waals surface area (Å²) in [4.78, 5) is 12.6. The Morgan fingerprint density at radius 2 is 2.11 bits per heavy atom. The Bertz CT molecular complexity index is 393. The molecular formula is C14H21NO2S. The van der Waals surface area contributed by atoms with Crippen molar-refractivity contribution in [2.24, 2.45) is 0 Å². The topological polar surface area (TPSA) is 52.3 Å². The molecule has 2 N–H and O–H groups in total. The third-order valence-electron chi connectivity index (χ3n) is 2.53. The molecule has 0 aromatic heterocycles. The van der Waals surface area contributed by atoms with Crippen LogP contribution in [0.1, 0.15) is 43.5 Å². The van der Waals surface area contributed by atoms with Crippen molar-refractivity contribution in [1.82, 2.24) is 0 Å². The SMILES string of the molecule is CCCCCSc1cc(C(=O)OCC)ccc1N. The van der Waals surface area contributed by atoms with E-state index in [1.165, 1.54) is 19.3 Å². The fraction of sp³-hybridized carbons (Fsp3) is 0.500. The molecule has 3 nitrogen and oxygen atoms in total. The molecule has 0 atom stereocenters. The molecule has 0 radical (unpaired) electrons. The number of hydrogen-bond donors (Lipinski definition) is 1. The Morgan fingerprint density at radius 1 is 1.33 bits per heavy atom. The number of carbonyl (C=O) groups excluding carboxylic acids is 1. The second kappa shape index (κ2) is 8.03. The number of ether oxygens (including phenoxy) is 1. The van der Waals surface area contributed by atoms with Crippen molar-refractivity contribution in [3.05, 3.63) is 23.8 Å². The minimum Gasteiger partial charge on any atom is -0.462 e. The molecular weight excluding hydrogens is 246 g/mol. The first-order valence-corrected chi connectivity index (χ1v) is 7.37. The highest BCUT2D eigenvalue weighted by Crippen LogP contribution is 2.27. The number of benzene rings is 1. The number of carbonyl (C=O) groups is 1. The van der Waals surface area contributed by atoms with Gasteiger partial charge in [0.15, 0.2) is 0 Å². The van der Waals surface area contributed by atoms with Crippen molar-refractivity contribution in [2.75, 3.05) is 18.1 Å². The van der Waals surface area contributed by atoms with E-state index in [4.69, 9.17) is 10.5 Å². The lowest BCUT2D eigenvalue weighted by Gasteiger charge is -2.08. The highest BCUT2D eigenvalue weighted by Gasteiger charge is 2.09. The molecule has 1 aromatic rings. The summed E-state index contributed by atoms with van der Waals surface area (Å²) in [6.45, 7) is 4.37. The first-order valence-electron chi connectivity index (χ1n) is 6.38. The van der Waals surface area contributed by atoms with E-state index >= 15 is 0 Å². The summed E-state index contributed by atoms with van der Waals surface area (Å²) in [5.41, 5.74) is 7.20. The standard InChI is InChI=1S/C14H21NO2S/c1-3-5-6-9-18-13-10-11(7-8-12(13)15)14(16)17-4-2/h7-8,10H,3-6,9,15H2,1-2H3. The maximum atomic E-state index is 11.6. The van der Waals surface area contributed by atoms with Crippen molar-refractivity contribution in [2.45, 2.75) is 38.0 Å². The fourth-order valence-corrected chi connectivity index (χ4v) is 2.55. The Kier molecular flexibility index (Phi) is 6.65. The van der Waals surface area contributed by atoms with Gasteiger partial charge in [-0.3, -0.25) is 0 Å². The van der Waals surface area contributed by atoms with Gasteiger partial charge in [-0.25, -0.2) is 4.79 Å². The third-order valence-corrected chi connectivity index (χ3v) is 3.69. The van der Waals surface area contributed by atoms with E-state index in [1.54, 1.807) is 30.8 Å². The van der Waals surface area contributed by atoms with Gasteiger partial charge in [0, 0.05) is 10.6 Å². The predicted molar refractivity (Wildman–Crippen MR) is 77.1 cm³/mol. The van der Waals surface area contributed by atoms with Crippen LogP contribution in [-0.2, 0) is 4.74 Å². The zero-order chi connectivity index (χ0) is 13.4. The lowest BCUT2D eigenvalue weighted by molar-refractivity contribution is 0.0526. The Balaban J connectivity index is 2.66. The largest absolute Gasteiger partial charge is 0.462 e. The monoisotopic (exact) mass is 267 g/mol. The number of rotatable bonds is 7. The Morgan fingerprint density at radius 3 is 2.78 bits per heavy atom. The van der Waals surface area contributed by atoms with Crippen LogP contribution in [0.3, 0.4) is 0 Å². The summed E-state index contributed by atoms with van der Waals surface area (Å²) >= 11 is 1.70. The van der Waals surface area contributed by atoms with Crippen LogP contribution in [0.4, 0.5) is 5.69 Å². The highest BCUT2D eigenvalue weighted by molar-refractivity contribution is 7.99. The van der Waals surface area contributed by atoms with Gasteiger partial charge < -0.3 is 10.5 Å². The molecule has 0 unspecified atom stereocenters. The van der Waals surface area contributed by atoms with Crippen LogP contribution in [0.15, 0.2) is 23.1 Å². The minimum absolute atomic E-state index is 0.284. The fourth-order valence-electron chi connectivity index (χ4n) is 1.53. The molecule has 100 valence electrons. The molecule has 0 heterocycles. The number of nitrogens with two attached hydrogens (primary N) is 1. The summed E-state index contributed by atoms with van der Waals surface area (Å²) in [7, 11) is 0. The van der Waals surface area contributed by atoms with Crippen molar-refractivity contribution >= 4 is 23.4 Å². The van der Waals surface area contributed by atoms with Crippen LogP contribution in [0.5, 0.6) is 0 Å². The highest BCUT2D eigenvalue weighted by atomic mass is 32.2. The third kappa shape index (κ3) is 4.61. The number of hydrogen-bond acceptors (Lipinski definition) is 4. The van der Waals surface area contributed by atoms with Gasteiger partial charge in [-0.2, -0.15) is 0 Å². The first-order chi connectivity index (χ1) is 8.69.